The summed E-state index contributed by atoms with van der Waals surface area (Å²) in [5.74, 6) is 0.575. The van der Waals surface area contributed by atoms with Crippen LogP contribution in [0.5, 0.6) is 0 Å². The number of hydrogen-bond donors (Lipinski definition) is 1. The molecule has 0 spiro atoms. The Balaban J connectivity index is 2.45. The highest BCUT2D eigenvalue weighted by atomic mass is 35.5. The number of amides is 1. The fraction of sp³-hybridized carbons (Fsp3) is 0.455. The number of hydrogen-bond acceptors (Lipinski definition) is 3. The first kappa shape index (κ1) is 12.9. The number of carbonyl (C=O) groups is 1. The van der Waals surface area contributed by atoms with Gasteiger partial charge in [-0.05, 0) is 18.1 Å². The van der Waals surface area contributed by atoms with Crippen molar-refractivity contribution in [3.63, 3.8) is 0 Å². The van der Waals surface area contributed by atoms with Crippen LogP contribution in [0, 0.1) is 5.92 Å². The van der Waals surface area contributed by atoms with E-state index in [1.807, 2.05) is 6.92 Å². The average molecular weight is 243 g/mol. The first-order valence-corrected chi connectivity index (χ1v) is 5.41. The molecule has 1 aromatic rings. The van der Waals surface area contributed by atoms with Gasteiger partial charge in [-0.25, -0.2) is 4.98 Å². The standard InChI is InChI=1S/C11H15ClN2O2/c1-8(7-16-2)6-11(15)14-10-5-3-4-9(12)13-10/h3-5,8H,6-7H2,1-2H3,(H,13,14,15). The minimum absolute atomic E-state index is 0.0840. The Labute approximate surface area is 100.0 Å². The van der Waals surface area contributed by atoms with Crippen molar-refractivity contribution in [3.8, 4) is 0 Å². The van der Waals surface area contributed by atoms with Gasteiger partial charge in [0.2, 0.25) is 5.91 Å². The maximum atomic E-state index is 11.6. The normalized spacial score (nSPS) is 12.2. The lowest BCUT2D eigenvalue weighted by Crippen LogP contribution is -2.18. The molecule has 0 aromatic carbocycles. The number of ether oxygens (including phenoxy) is 1. The third-order valence-corrected chi connectivity index (χ3v) is 2.18. The van der Waals surface area contributed by atoms with Gasteiger partial charge in [0.25, 0.3) is 0 Å². The third kappa shape index (κ3) is 4.59. The van der Waals surface area contributed by atoms with E-state index in [1.165, 1.54) is 0 Å². The van der Waals surface area contributed by atoms with Crippen LogP contribution < -0.4 is 5.32 Å². The first-order chi connectivity index (χ1) is 7.61. The Kier molecular flexibility index (Phi) is 5.22. The van der Waals surface area contributed by atoms with E-state index in [2.05, 4.69) is 10.3 Å². The molecule has 1 unspecified atom stereocenters. The van der Waals surface area contributed by atoms with E-state index in [4.69, 9.17) is 16.3 Å². The molecular formula is C11H15ClN2O2. The highest BCUT2D eigenvalue weighted by molar-refractivity contribution is 6.29. The molecule has 0 fully saturated rings. The van der Waals surface area contributed by atoms with Crippen LogP contribution in [-0.4, -0.2) is 24.6 Å². The van der Waals surface area contributed by atoms with Gasteiger partial charge in [0.15, 0.2) is 0 Å². The van der Waals surface area contributed by atoms with E-state index in [0.29, 0.717) is 24.0 Å². The molecule has 0 radical (unpaired) electrons. The molecule has 0 saturated heterocycles. The van der Waals surface area contributed by atoms with Crippen molar-refractivity contribution in [1.82, 2.24) is 4.98 Å². The van der Waals surface area contributed by atoms with Crippen LogP contribution in [0.25, 0.3) is 0 Å². The molecule has 16 heavy (non-hydrogen) atoms. The molecular weight excluding hydrogens is 228 g/mol. The van der Waals surface area contributed by atoms with Crippen LogP contribution in [0.1, 0.15) is 13.3 Å². The minimum Gasteiger partial charge on any atom is -0.384 e. The molecule has 1 atom stereocenters. The summed E-state index contributed by atoms with van der Waals surface area (Å²) in [5, 5.41) is 3.05. The Bertz CT molecular complexity index is 358. The Hall–Kier alpha value is -1.13. The highest BCUT2D eigenvalue weighted by Gasteiger charge is 2.09. The fourth-order valence-corrected chi connectivity index (χ4v) is 1.50. The molecule has 1 aromatic heterocycles. The number of aromatic nitrogens is 1. The van der Waals surface area contributed by atoms with E-state index in [-0.39, 0.29) is 11.8 Å². The highest BCUT2D eigenvalue weighted by Crippen LogP contribution is 2.10. The van der Waals surface area contributed by atoms with Gasteiger partial charge in [-0.3, -0.25) is 4.79 Å². The topological polar surface area (TPSA) is 51.2 Å². The monoisotopic (exact) mass is 242 g/mol. The summed E-state index contributed by atoms with van der Waals surface area (Å²) in [4.78, 5) is 15.5. The summed E-state index contributed by atoms with van der Waals surface area (Å²) in [5.41, 5.74) is 0. The third-order valence-electron chi connectivity index (χ3n) is 1.97. The number of nitrogens with one attached hydrogen (secondary N) is 1. The smallest absolute Gasteiger partial charge is 0.225 e. The van der Waals surface area contributed by atoms with E-state index in [0.717, 1.165) is 0 Å². The van der Waals surface area contributed by atoms with Crippen molar-refractivity contribution >= 4 is 23.3 Å². The van der Waals surface area contributed by atoms with Crippen LogP contribution in [0.3, 0.4) is 0 Å². The lowest BCUT2D eigenvalue weighted by molar-refractivity contribution is -0.117. The van der Waals surface area contributed by atoms with Crippen molar-refractivity contribution in [1.29, 1.82) is 0 Å². The maximum Gasteiger partial charge on any atom is 0.225 e. The van der Waals surface area contributed by atoms with Gasteiger partial charge >= 0.3 is 0 Å². The molecule has 0 bridgehead atoms. The van der Waals surface area contributed by atoms with Crippen molar-refractivity contribution in [2.24, 2.45) is 5.92 Å². The molecule has 1 rings (SSSR count). The molecule has 88 valence electrons. The molecule has 0 aliphatic heterocycles. The lowest BCUT2D eigenvalue weighted by Gasteiger charge is -2.09. The summed E-state index contributed by atoms with van der Waals surface area (Å²) >= 11 is 5.70. The van der Waals surface area contributed by atoms with Crippen molar-refractivity contribution in [2.75, 3.05) is 19.0 Å². The predicted molar refractivity (Wildman–Crippen MR) is 63.5 cm³/mol. The number of halogens is 1. The number of carbonyl (C=O) groups excluding carboxylic acids is 1. The Morgan fingerprint density at radius 1 is 1.62 bits per heavy atom. The minimum atomic E-state index is -0.0840. The average Bonchev–Trinajstić information content (AvgIpc) is 2.17. The predicted octanol–water partition coefficient (Wildman–Crippen LogP) is 2.35. The Morgan fingerprint density at radius 3 is 3.00 bits per heavy atom. The van der Waals surface area contributed by atoms with Gasteiger partial charge in [-0.2, -0.15) is 0 Å². The van der Waals surface area contributed by atoms with E-state index in [1.54, 1.807) is 25.3 Å². The summed E-state index contributed by atoms with van der Waals surface area (Å²) < 4.78 is 4.96. The largest absolute Gasteiger partial charge is 0.384 e. The fourth-order valence-electron chi connectivity index (χ4n) is 1.33. The SMILES string of the molecule is COCC(C)CC(=O)Nc1cccc(Cl)n1. The molecule has 5 heteroatoms. The van der Waals surface area contributed by atoms with Gasteiger partial charge in [-0.15, -0.1) is 0 Å². The number of rotatable bonds is 5. The molecule has 1 heterocycles. The first-order valence-electron chi connectivity index (χ1n) is 5.03. The number of pyridine rings is 1. The number of methoxy groups -OCH3 is 1. The van der Waals surface area contributed by atoms with Gasteiger partial charge in [0, 0.05) is 20.1 Å². The van der Waals surface area contributed by atoms with Crippen molar-refractivity contribution < 1.29 is 9.53 Å². The number of anilines is 1. The van der Waals surface area contributed by atoms with Gasteiger partial charge in [-0.1, -0.05) is 24.6 Å². The zero-order valence-corrected chi connectivity index (χ0v) is 10.1. The van der Waals surface area contributed by atoms with Crippen molar-refractivity contribution in [2.45, 2.75) is 13.3 Å². The van der Waals surface area contributed by atoms with Crippen molar-refractivity contribution in [3.05, 3.63) is 23.4 Å². The summed E-state index contributed by atoms with van der Waals surface area (Å²) in [6, 6.07) is 5.10. The molecule has 0 aliphatic rings. The zero-order chi connectivity index (χ0) is 12.0. The maximum absolute atomic E-state index is 11.6. The van der Waals surface area contributed by atoms with Crippen LogP contribution in [0.2, 0.25) is 5.15 Å². The van der Waals surface area contributed by atoms with E-state index >= 15 is 0 Å². The van der Waals surface area contributed by atoms with Gasteiger partial charge < -0.3 is 10.1 Å². The Morgan fingerprint density at radius 2 is 2.38 bits per heavy atom. The van der Waals surface area contributed by atoms with Crippen LogP contribution in [0.15, 0.2) is 18.2 Å². The summed E-state index contributed by atoms with van der Waals surface area (Å²) in [6.45, 7) is 2.52. The van der Waals surface area contributed by atoms with Gasteiger partial charge in [0.1, 0.15) is 11.0 Å². The second-order valence-electron chi connectivity index (χ2n) is 3.66. The zero-order valence-electron chi connectivity index (χ0n) is 9.37. The lowest BCUT2D eigenvalue weighted by atomic mass is 10.1. The molecule has 0 aliphatic carbocycles. The second-order valence-corrected chi connectivity index (χ2v) is 4.05. The molecule has 1 amide bonds. The number of nitrogens with zero attached hydrogens (tertiary/aromatic N) is 1. The molecule has 1 N–H and O–H groups in total. The van der Waals surface area contributed by atoms with Gasteiger partial charge in [0.05, 0.1) is 0 Å². The quantitative estimate of drug-likeness (QED) is 0.807. The van der Waals surface area contributed by atoms with Crippen LogP contribution in [0.4, 0.5) is 5.82 Å². The summed E-state index contributed by atoms with van der Waals surface area (Å²) in [7, 11) is 1.62. The molecule has 4 nitrogen and oxygen atoms in total. The van der Waals surface area contributed by atoms with Crippen LogP contribution in [-0.2, 0) is 9.53 Å². The molecule has 0 saturated carbocycles. The van der Waals surface area contributed by atoms with E-state index < -0.39 is 0 Å². The van der Waals surface area contributed by atoms with E-state index in [9.17, 15) is 4.79 Å². The second kappa shape index (κ2) is 6.45. The summed E-state index contributed by atoms with van der Waals surface area (Å²) in [6.07, 6.45) is 0.405. The van der Waals surface area contributed by atoms with Crippen LogP contribution >= 0.6 is 11.6 Å².